The fourth-order valence-corrected chi connectivity index (χ4v) is 4.27. The molecule has 3 aromatic rings. The van der Waals surface area contributed by atoms with E-state index in [0.29, 0.717) is 41.5 Å². The molecule has 1 unspecified atom stereocenters. The second-order valence-corrected chi connectivity index (χ2v) is 8.53. The summed E-state index contributed by atoms with van der Waals surface area (Å²) in [6, 6.07) is 20.3. The molecule has 1 aliphatic heterocycles. The van der Waals surface area contributed by atoms with Crippen LogP contribution >= 0.6 is 15.9 Å². The van der Waals surface area contributed by atoms with Crippen LogP contribution in [-0.4, -0.2) is 30.0 Å². The number of carbonyl (C=O) groups excluding carboxylic acids is 2. The van der Waals surface area contributed by atoms with E-state index in [4.69, 9.17) is 9.47 Å². The number of amides is 1. The van der Waals surface area contributed by atoms with Gasteiger partial charge in [-0.15, -0.1) is 0 Å². The van der Waals surface area contributed by atoms with Gasteiger partial charge in [0, 0.05) is 21.8 Å². The molecule has 4 rings (SSSR count). The van der Waals surface area contributed by atoms with Gasteiger partial charge in [-0.1, -0.05) is 46.3 Å². The molecule has 0 aromatic heterocycles. The Morgan fingerprint density at radius 3 is 2.18 bits per heavy atom. The third-order valence-corrected chi connectivity index (χ3v) is 5.98. The van der Waals surface area contributed by atoms with E-state index in [0.717, 1.165) is 4.47 Å². The first-order valence-electron chi connectivity index (χ1n) is 11.0. The number of anilines is 1. The monoisotopic (exact) mass is 521 g/mol. The number of ether oxygens (including phenoxy) is 2. The van der Waals surface area contributed by atoms with Crippen LogP contribution in [0.1, 0.15) is 31.0 Å². The SMILES string of the molecule is CCOc1cccc(C2/C(=C(\O)c3ccc(Br)cc3)C(=O)C(=O)N2c2cccc(OCC)c2)c1. The van der Waals surface area contributed by atoms with E-state index in [1.165, 1.54) is 4.90 Å². The van der Waals surface area contributed by atoms with Crippen molar-refractivity contribution in [3.63, 3.8) is 0 Å². The maximum absolute atomic E-state index is 13.3. The minimum absolute atomic E-state index is 0.0165. The average molecular weight is 522 g/mol. The van der Waals surface area contributed by atoms with Crippen molar-refractivity contribution in [2.45, 2.75) is 19.9 Å². The summed E-state index contributed by atoms with van der Waals surface area (Å²) in [4.78, 5) is 28.0. The summed E-state index contributed by atoms with van der Waals surface area (Å²) in [5.74, 6) is -0.525. The van der Waals surface area contributed by atoms with Gasteiger partial charge in [-0.2, -0.15) is 0 Å². The fraction of sp³-hybridized carbons (Fsp3) is 0.185. The molecule has 6 nitrogen and oxygen atoms in total. The number of halogens is 1. The molecule has 1 amide bonds. The first-order chi connectivity index (χ1) is 16.4. The molecular weight excluding hydrogens is 498 g/mol. The lowest BCUT2D eigenvalue weighted by Crippen LogP contribution is -2.29. The van der Waals surface area contributed by atoms with Crippen molar-refractivity contribution >= 4 is 39.1 Å². The van der Waals surface area contributed by atoms with Gasteiger partial charge < -0.3 is 14.6 Å². The molecule has 0 aliphatic carbocycles. The molecule has 1 atom stereocenters. The summed E-state index contributed by atoms with van der Waals surface area (Å²) < 4.78 is 12.1. The van der Waals surface area contributed by atoms with Gasteiger partial charge in [-0.25, -0.2) is 0 Å². The van der Waals surface area contributed by atoms with Crippen molar-refractivity contribution in [2.75, 3.05) is 18.1 Å². The Balaban J connectivity index is 1.92. The molecule has 1 saturated heterocycles. The van der Waals surface area contributed by atoms with Gasteiger partial charge in [0.1, 0.15) is 17.3 Å². The van der Waals surface area contributed by atoms with Gasteiger partial charge >= 0.3 is 0 Å². The molecule has 3 aromatic carbocycles. The van der Waals surface area contributed by atoms with Crippen molar-refractivity contribution in [3.8, 4) is 11.5 Å². The molecule has 0 saturated carbocycles. The normalized spacial score (nSPS) is 17.1. The van der Waals surface area contributed by atoms with Crippen LogP contribution in [0.4, 0.5) is 5.69 Å². The number of carbonyl (C=O) groups is 2. The van der Waals surface area contributed by atoms with Crippen molar-refractivity contribution in [1.29, 1.82) is 0 Å². The molecule has 1 fully saturated rings. The molecule has 34 heavy (non-hydrogen) atoms. The van der Waals surface area contributed by atoms with Gasteiger partial charge in [0.15, 0.2) is 0 Å². The van der Waals surface area contributed by atoms with E-state index in [1.807, 2.05) is 26.0 Å². The minimum atomic E-state index is -0.846. The number of aliphatic hydroxyl groups is 1. The highest BCUT2D eigenvalue weighted by Gasteiger charge is 2.47. The van der Waals surface area contributed by atoms with Crippen LogP contribution in [0.15, 0.2) is 82.8 Å². The molecule has 0 spiro atoms. The van der Waals surface area contributed by atoms with E-state index in [2.05, 4.69) is 15.9 Å². The largest absolute Gasteiger partial charge is 0.507 e. The first-order valence-corrected chi connectivity index (χ1v) is 11.8. The highest BCUT2D eigenvalue weighted by Crippen LogP contribution is 2.43. The van der Waals surface area contributed by atoms with Crippen LogP contribution in [0.2, 0.25) is 0 Å². The molecule has 7 heteroatoms. The van der Waals surface area contributed by atoms with Crippen molar-refractivity contribution in [3.05, 3.63) is 94.0 Å². The highest BCUT2D eigenvalue weighted by molar-refractivity contribution is 9.10. The summed E-state index contributed by atoms with van der Waals surface area (Å²) in [7, 11) is 0. The lowest BCUT2D eigenvalue weighted by atomic mass is 9.95. The van der Waals surface area contributed by atoms with Gasteiger partial charge in [0.25, 0.3) is 11.7 Å². The zero-order valence-corrected chi connectivity index (χ0v) is 20.4. The lowest BCUT2D eigenvalue weighted by Gasteiger charge is -2.26. The van der Waals surface area contributed by atoms with Gasteiger partial charge in [-0.05, 0) is 55.8 Å². The Kier molecular flexibility index (Phi) is 7.03. The van der Waals surface area contributed by atoms with Gasteiger partial charge in [-0.3, -0.25) is 14.5 Å². The average Bonchev–Trinajstić information content (AvgIpc) is 3.10. The standard InChI is InChI=1S/C27H24BrNO5/c1-3-33-21-9-5-7-18(15-21)24-23(25(30)17-11-13-19(28)14-12-17)26(31)27(32)29(24)20-8-6-10-22(16-20)34-4-2/h5-16,24,30H,3-4H2,1-2H3/b25-23+. The number of Topliss-reactive ketones (excluding diaryl/α,β-unsaturated/α-hetero) is 1. The van der Waals surface area contributed by atoms with Crippen molar-refractivity contribution < 1.29 is 24.2 Å². The number of rotatable bonds is 7. The van der Waals surface area contributed by atoms with Crippen LogP contribution in [0.3, 0.4) is 0 Å². The fourth-order valence-electron chi connectivity index (χ4n) is 4.01. The number of hydrogen-bond donors (Lipinski definition) is 1. The topological polar surface area (TPSA) is 76.1 Å². The Bertz CT molecular complexity index is 1250. The Labute approximate surface area is 206 Å². The van der Waals surface area contributed by atoms with E-state index >= 15 is 0 Å². The Morgan fingerprint density at radius 2 is 1.53 bits per heavy atom. The minimum Gasteiger partial charge on any atom is -0.507 e. The number of hydrogen-bond acceptors (Lipinski definition) is 5. The summed E-state index contributed by atoms with van der Waals surface area (Å²) >= 11 is 3.38. The number of nitrogens with zero attached hydrogens (tertiary/aromatic N) is 1. The van der Waals surface area contributed by atoms with E-state index in [-0.39, 0.29) is 11.3 Å². The third kappa shape index (κ3) is 4.56. The lowest BCUT2D eigenvalue weighted by molar-refractivity contribution is -0.132. The molecular formula is C27H24BrNO5. The van der Waals surface area contributed by atoms with Crippen LogP contribution in [-0.2, 0) is 9.59 Å². The maximum Gasteiger partial charge on any atom is 0.300 e. The predicted octanol–water partition coefficient (Wildman–Crippen LogP) is 5.87. The van der Waals surface area contributed by atoms with Crippen LogP contribution in [0.25, 0.3) is 5.76 Å². The third-order valence-electron chi connectivity index (χ3n) is 5.45. The number of ketones is 1. The quantitative estimate of drug-likeness (QED) is 0.239. The molecule has 1 aliphatic rings. The van der Waals surface area contributed by atoms with Crippen LogP contribution in [0.5, 0.6) is 11.5 Å². The van der Waals surface area contributed by atoms with Crippen LogP contribution < -0.4 is 14.4 Å². The van der Waals surface area contributed by atoms with Gasteiger partial charge in [0.2, 0.25) is 0 Å². The van der Waals surface area contributed by atoms with E-state index in [9.17, 15) is 14.7 Å². The second kappa shape index (κ2) is 10.1. The molecule has 174 valence electrons. The molecule has 0 radical (unpaired) electrons. The van der Waals surface area contributed by atoms with Crippen molar-refractivity contribution in [1.82, 2.24) is 0 Å². The Hall–Kier alpha value is -3.58. The van der Waals surface area contributed by atoms with E-state index < -0.39 is 17.7 Å². The smallest absolute Gasteiger partial charge is 0.300 e. The maximum atomic E-state index is 13.3. The van der Waals surface area contributed by atoms with Crippen molar-refractivity contribution in [2.24, 2.45) is 0 Å². The zero-order chi connectivity index (χ0) is 24.2. The zero-order valence-electron chi connectivity index (χ0n) is 18.8. The molecule has 1 heterocycles. The first kappa shape index (κ1) is 23.6. The number of benzene rings is 3. The van der Waals surface area contributed by atoms with E-state index in [1.54, 1.807) is 60.7 Å². The predicted molar refractivity (Wildman–Crippen MR) is 134 cm³/mol. The summed E-state index contributed by atoms with van der Waals surface area (Å²) in [5.41, 5.74) is 1.60. The number of aliphatic hydroxyl groups excluding tert-OH is 1. The summed E-state index contributed by atoms with van der Waals surface area (Å²) in [5, 5.41) is 11.2. The highest BCUT2D eigenvalue weighted by atomic mass is 79.9. The summed E-state index contributed by atoms with van der Waals surface area (Å²) in [6.07, 6.45) is 0. The van der Waals surface area contributed by atoms with Gasteiger partial charge in [0.05, 0.1) is 24.8 Å². The van der Waals surface area contributed by atoms with Crippen LogP contribution in [0, 0.1) is 0 Å². The molecule has 1 N–H and O–H groups in total. The molecule has 0 bridgehead atoms. The summed E-state index contributed by atoms with van der Waals surface area (Å²) in [6.45, 7) is 4.69. The Morgan fingerprint density at radius 1 is 0.912 bits per heavy atom. The second-order valence-electron chi connectivity index (χ2n) is 7.61.